The molecule has 2 fully saturated rings. The Hall–Kier alpha value is 0.0800. The van der Waals surface area contributed by atoms with Crippen LogP contribution >= 0.6 is 12.4 Å². The van der Waals surface area contributed by atoms with Crippen LogP contribution in [0, 0.1) is 5.92 Å². The second-order valence-corrected chi connectivity index (χ2v) is 6.66. The number of rotatable bonds is 3. The minimum Gasteiger partial charge on any atom is -0.379 e. The highest BCUT2D eigenvalue weighted by Crippen LogP contribution is 2.27. The van der Waals surface area contributed by atoms with Crippen LogP contribution < -0.4 is 5.73 Å². The average Bonchev–Trinajstić information content (AvgIpc) is 2.72. The Morgan fingerprint density at radius 2 is 1.94 bits per heavy atom. The number of morpholine rings is 1. The molecule has 2 rings (SSSR count). The zero-order chi connectivity index (χ0) is 12.5. The molecular formula is C10H22ClN3O3S. The summed E-state index contributed by atoms with van der Waals surface area (Å²) in [5.41, 5.74) is 5.62. The average molecular weight is 300 g/mol. The summed E-state index contributed by atoms with van der Waals surface area (Å²) in [5, 5.41) is 0. The van der Waals surface area contributed by atoms with E-state index in [1.54, 1.807) is 4.31 Å². The van der Waals surface area contributed by atoms with E-state index in [1.807, 2.05) is 6.92 Å². The number of nitrogens with two attached hydrogens (primary N) is 1. The van der Waals surface area contributed by atoms with Crippen molar-refractivity contribution in [2.45, 2.75) is 19.4 Å². The van der Waals surface area contributed by atoms with E-state index in [2.05, 4.69) is 0 Å². The zero-order valence-electron chi connectivity index (χ0n) is 10.6. The van der Waals surface area contributed by atoms with Crippen molar-refractivity contribution in [3.05, 3.63) is 0 Å². The summed E-state index contributed by atoms with van der Waals surface area (Å²) in [5.74, 6) is 0.292. The molecule has 2 aliphatic rings. The molecule has 0 aromatic heterocycles. The van der Waals surface area contributed by atoms with Gasteiger partial charge < -0.3 is 10.5 Å². The standard InChI is InChI=1S/C10H21N3O3S.ClH/c1-9-6-10(7-11)8-13(9)17(14,15)12-2-4-16-5-3-12;/h9-10H,2-8,11H2,1H3;1H. The maximum absolute atomic E-state index is 12.4. The fourth-order valence-electron chi connectivity index (χ4n) is 2.53. The van der Waals surface area contributed by atoms with Crippen molar-refractivity contribution in [1.29, 1.82) is 0 Å². The van der Waals surface area contributed by atoms with Gasteiger partial charge in [-0.2, -0.15) is 17.0 Å². The van der Waals surface area contributed by atoms with Crippen molar-refractivity contribution in [3.63, 3.8) is 0 Å². The van der Waals surface area contributed by atoms with Gasteiger partial charge in [0, 0.05) is 25.7 Å². The third kappa shape index (κ3) is 3.15. The topological polar surface area (TPSA) is 75.9 Å². The Kier molecular flexibility index (Phi) is 5.82. The number of ether oxygens (including phenoxy) is 1. The van der Waals surface area contributed by atoms with Crippen LogP contribution in [0.15, 0.2) is 0 Å². The van der Waals surface area contributed by atoms with Gasteiger partial charge in [-0.1, -0.05) is 0 Å². The van der Waals surface area contributed by atoms with E-state index < -0.39 is 10.2 Å². The molecule has 108 valence electrons. The highest BCUT2D eigenvalue weighted by atomic mass is 35.5. The maximum Gasteiger partial charge on any atom is 0.282 e. The van der Waals surface area contributed by atoms with E-state index in [1.165, 1.54) is 4.31 Å². The monoisotopic (exact) mass is 299 g/mol. The molecule has 2 heterocycles. The molecule has 2 unspecified atom stereocenters. The highest BCUT2D eigenvalue weighted by Gasteiger charge is 2.39. The van der Waals surface area contributed by atoms with Gasteiger partial charge in [0.1, 0.15) is 0 Å². The molecule has 0 amide bonds. The summed E-state index contributed by atoms with van der Waals surface area (Å²) in [6, 6.07) is 0.0522. The van der Waals surface area contributed by atoms with Crippen LogP contribution in [0.5, 0.6) is 0 Å². The minimum atomic E-state index is -3.32. The third-order valence-electron chi connectivity index (χ3n) is 3.53. The van der Waals surface area contributed by atoms with Crippen LogP contribution in [-0.2, 0) is 14.9 Å². The van der Waals surface area contributed by atoms with Gasteiger partial charge >= 0.3 is 0 Å². The third-order valence-corrected chi connectivity index (χ3v) is 5.65. The van der Waals surface area contributed by atoms with Gasteiger partial charge in [0.15, 0.2) is 0 Å². The Bertz CT molecular complexity index is 359. The molecule has 2 N–H and O–H groups in total. The molecule has 2 saturated heterocycles. The fraction of sp³-hybridized carbons (Fsp3) is 1.00. The Morgan fingerprint density at radius 3 is 2.44 bits per heavy atom. The molecule has 0 aromatic rings. The van der Waals surface area contributed by atoms with Gasteiger partial charge in [0.25, 0.3) is 10.2 Å². The molecule has 0 bridgehead atoms. The van der Waals surface area contributed by atoms with Gasteiger partial charge in [-0.15, -0.1) is 12.4 Å². The number of hydrogen-bond donors (Lipinski definition) is 1. The molecule has 2 aliphatic heterocycles. The second kappa shape index (κ2) is 6.49. The largest absolute Gasteiger partial charge is 0.379 e. The van der Waals surface area contributed by atoms with E-state index in [4.69, 9.17) is 10.5 Å². The lowest BCUT2D eigenvalue weighted by molar-refractivity contribution is 0.0700. The van der Waals surface area contributed by atoms with Gasteiger partial charge in [0.05, 0.1) is 13.2 Å². The van der Waals surface area contributed by atoms with E-state index >= 15 is 0 Å². The lowest BCUT2D eigenvalue weighted by Crippen LogP contribution is -2.49. The molecule has 2 atom stereocenters. The van der Waals surface area contributed by atoms with Gasteiger partial charge in [-0.3, -0.25) is 0 Å². The lowest BCUT2D eigenvalue weighted by Gasteiger charge is -2.31. The summed E-state index contributed by atoms with van der Waals surface area (Å²) in [4.78, 5) is 0. The van der Waals surface area contributed by atoms with Crippen molar-refractivity contribution in [3.8, 4) is 0 Å². The maximum atomic E-state index is 12.4. The highest BCUT2D eigenvalue weighted by molar-refractivity contribution is 7.86. The molecule has 0 aromatic carbocycles. The van der Waals surface area contributed by atoms with Crippen LogP contribution in [0.1, 0.15) is 13.3 Å². The second-order valence-electron chi connectivity index (χ2n) is 4.78. The van der Waals surface area contributed by atoms with E-state index in [-0.39, 0.29) is 18.4 Å². The van der Waals surface area contributed by atoms with E-state index in [0.29, 0.717) is 45.3 Å². The molecule has 0 spiro atoms. The van der Waals surface area contributed by atoms with Crippen LogP contribution in [0.4, 0.5) is 0 Å². The first-order valence-electron chi connectivity index (χ1n) is 6.10. The quantitative estimate of drug-likeness (QED) is 0.773. The predicted octanol–water partition coefficient (Wildman–Crippen LogP) is -0.346. The van der Waals surface area contributed by atoms with Crippen molar-refractivity contribution in [2.75, 3.05) is 39.4 Å². The van der Waals surface area contributed by atoms with Gasteiger partial charge in [0.2, 0.25) is 0 Å². The Labute approximate surface area is 115 Å². The molecule has 18 heavy (non-hydrogen) atoms. The Balaban J connectivity index is 0.00000162. The van der Waals surface area contributed by atoms with Crippen LogP contribution in [0.2, 0.25) is 0 Å². The van der Waals surface area contributed by atoms with E-state index in [9.17, 15) is 8.42 Å². The van der Waals surface area contributed by atoms with Gasteiger partial charge in [-0.05, 0) is 25.8 Å². The summed E-state index contributed by atoms with van der Waals surface area (Å²) in [6.07, 6.45) is 0.861. The SMILES string of the molecule is CC1CC(CN)CN1S(=O)(=O)N1CCOCC1.Cl. The number of hydrogen-bond acceptors (Lipinski definition) is 4. The lowest BCUT2D eigenvalue weighted by atomic mass is 10.1. The summed E-state index contributed by atoms with van der Waals surface area (Å²) in [7, 11) is -3.32. The van der Waals surface area contributed by atoms with Gasteiger partial charge in [-0.25, -0.2) is 0 Å². The summed E-state index contributed by atoms with van der Waals surface area (Å²) >= 11 is 0. The smallest absolute Gasteiger partial charge is 0.282 e. The van der Waals surface area contributed by atoms with Crippen LogP contribution in [0.25, 0.3) is 0 Å². The zero-order valence-corrected chi connectivity index (χ0v) is 12.3. The van der Waals surface area contributed by atoms with Crippen molar-refractivity contribution in [1.82, 2.24) is 8.61 Å². The summed E-state index contributed by atoms with van der Waals surface area (Å²) in [6.45, 7) is 4.95. The first-order chi connectivity index (χ1) is 8.05. The predicted molar refractivity (Wildman–Crippen MR) is 71.9 cm³/mol. The first kappa shape index (κ1) is 16.1. The molecule has 8 heteroatoms. The van der Waals surface area contributed by atoms with Crippen molar-refractivity contribution >= 4 is 22.6 Å². The van der Waals surface area contributed by atoms with Crippen LogP contribution in [-0.4, -0.2) is 62.5 Å². The van der Waals surface area contributed by atoms with E-state index in [0.717, 1.165) is 6.42 Å². The van der Waals surface area contributed by atoms with Crippen molar-refractivity contribution in [2.24, 2.45) is 11.7 Å². The number of halogens is 1. The number of nitrogens with zero attached hydrogens (tertiary/aromatic N) is 2. The molecule has 0 aliphatic carbocycles. The summed E-state index contributed by atoms with van der Waals surface area (Å²) < 4.78 is 33.1. The Morgan fingerprint density at radius 1 is 1.33 bits per heavy atom. The normalized spacial score (nSPS) is 31.2. The molecular weight excluding hydrogens is 278 g/mol. The van der Waals surface area contributed by atoms with Crippen molar-refractivity contribution < 1.29 is 13.2 Å². The molecule has 0 radical (unpaired) electrons. The van der Waals surface area contributed by atoms with Crippen LogP contribution in [0.3, 0.4) is 0 Å². The minimum absolute atomic E-state index is 0. The molecule has 6 nitrogen and oxygen atoms in total. The first-order valence-corrected chi connectivity index (χ1v) is 7.50. The molecule has 0 saturated carbocycles. The fourth-order valence-corrected chi connectivity index (χ4v) is 4.37.